The van der Waals surface area contributed by atoms with Crippen LogP contribution in [-0.4, -0.2) is 34.1 Å². The lowest BCUT2D eigenvalue weighted by atomic mass is 10.2. The van der Waals surface area contributed by atoms with Crippen LogP contribution in [0.15, 0.2) is 36.7 Å². The van der Waals surface area contributed by atoms with Gasteiger partial charge in [0.15, 0.2) is 6.61 Å². The Morgan fingerprint density at radius 2 is 2.15 bits per heavy atom. The predicted molar refractivity (Wildman–Crippen MR) is 72.9 cm³/mol. The fourth-order valence-corrected chi connectivity index (χ4v) is 1.58. The lowest BCUT2D eigenvalue weighted by molar-refractivity contribution is -0.123. The summed E-state index contributed by atoms with van der Waals surface area (Å²) in [5, 5.41) is 10.2. The molecule has 0 saturated carbocycles. The molecule has 20 heavy (non-hydrogen) atoms. The number of nitrogens with two attached hydrogens (primary N) is 1. The highest BCUT2D eigenvalue weighted by Gasteiger charge is 2.02. The first-order valence-electron chi connectivity index (χ1n) is 6.30. The molecule has 0 unspecified atom stereocenters. The number of nitrogens with one attached hydrogen (secondary N) is 1. The van der Waals surface area contributed by atoms with Crippen LogP contribution in [0.1, 0.15) is 5.56 Å². The second kappa shape index (κ2) is 7.25. The second-order valence-corrected chi connectivity index (χ2v) is 4.15. The Balaban J connectivity index is 1.66. The first-order valence-corrected chi connectivity index (χ1v) is 6.30. The average molecular weight is 275 g/mol. The Kier molecular flexibility index (Phi) is 5.08. The third-order valence-corrected chi connectivity index (χ3v) is 2.66. The van der Waals surface area contributed by atoms with Crippen LogP contribution in [0.25, 0.3) is 0 Å². The molecule has 2 aromatic rings. The van der Waals surface area contributed by atoms with Crippen LogP contribution in [-0.2, 0) is 17.9 Å². The number of benzene rings is 1. The van der Waals surface area contributed by atoms with E-state index in [1.165, 1.54) is 0 Å². The standard InChI is InChI=1S/C13H17N5O2/c14-9-11-1-3-12(4-2-11)20-10-13(19)15-5-7-18-8-6-16-17-18/h1-4,6,8H,5,7,9-10,14H2,(H,15,19). The summed E-state index contributed by atoms with van der Waals surface area (Å²) in [6.45, 7) is 1.54. The monoisotopic (exact) mass is 275 g/mol. The number of rotatable bonds is 7. The zero-order chi connectivity index (χ0) is 14.2. The Morgan fingerprint density at radius 1 is 1.35 bits per heavy atom. The van der Waals surface area contributed by atoms with Gasteiger partial charge in [-0.25, -0.2) is 0 Å². The van der Waals surface area contributed by atoms with E-state index in [0.29, 0.717) is 25.4 Å². The third-order valence-electron chi connectivity index (χ3n) is 2.66. The van der Waals surface area contributed by atoms with Gasteiger partial charge in [-0.3, -0.25) is 9.48 Å². The van der Waals surface area contributed by atoms with Crippen LogP contribution in [0.4, 0.5) is 0 Å². The van der Waals surface area contributed by atoms with Gasteiger partial charge in [0.1, 0.15) is 5.75 Å². The van der Waals surface area contributed by atoms with Gasteiger partial charge in [0.25, 0.3) is 5.91 Å². The van der Waals surface area contributed by atoms with E-state index < -0.39 is 0 Å². The van der Waals surface area contributed by atoms with Crippen LogP contribution in [0.5, 0.6) is 5.75 Å². The maximum atomic E-state index is 11.6. The summed E-state index contributed by atoms with van der Waals surface area (Å²) in [5.41, 5.74) is 6.52. The van der Waals surface area contributed by atoms with Crippen molar-refractivity contribution in [1.29, 1.82) is 0 Å². The van der Waals surface area contributed by atoms with Crippen LogP contribution in [0.3, 0.4) is 0 Å². The summed E-state index contributed by atoms with van der Waals surface area (Å²) >= 11 is 0. The molecule has 0 atom stereocenters. The zero-order valence-corrected chi connectivity index (χ0v) is 11.0. The second-order valence-electron chi connectivity index (χ2n) is 4.15. The summed E-state index contributed by atoms with van der Waals surface area (Å²) < 4.78 is 7.01. The van der Waals surface area contributed by atoms with Crippen molar-refractivity contribution in [2.45, 2.75) is 13.1 Å². The minimum Gasteiger partial charge on any atom is -0.484 e. The molecule has 0 aliphatic heterocycles. The highest BCUT2D eigenvalue weighted by molar-refractivity contribution is 5.77. The van der Waals surface area contributed by atoms with Gasteiger partial charge in [-0.2, -0.15) is 0 Å². The third kappa shape index (κ3) is 4.36. The van der Waals surface area contributed by atoms with Crippen molar-refractivity contribution in [2.24, 2.45) is 5.73 Å². The van der Waals surface area contributed by atoms with Crippen molar-refractivity contribution < 1.29 is 9.53 Å². The van der Waals surface area contributed by atoms with Crippen LogP contribution < -0.4 is 15.8 Å². The number of carbonyl (C=O) groups excluding carboxylic acids is 1. The number of amides is 1. The van der Waals surface area contributed by atoms with Gasteiger partial charge in [0.2, 0.25) is 0 Å². The number of carbonyl (C=O) groups is 1. The molecule has 0 saturated heterocycles. The maximum absolute atomic E-state index is 11.6. The first-order chi connectivity index (χ1) is 9.78. The molecular formula is C13H17N5O2. The van der Waals surface area contributed by atoms with E-state index in [9.17, 15) is 4.79 Å². The normalized spacial score (nSPS) is 10.2. The molecule has 106 valence electrons. The quantitative estimate of drug-likeness (QED) is 0.737. The van der Waals surface area contributed by atoms with E-state index in [1.54, 1.807) is 29.2 Å². The Morgan fingerprint density at radius 3 is 2.80 bits per heavy atom. The van der Waals surface area contributed by atoms with Gasteiger partial charge in [-0.15, -0.1) is 5.10 Å². The molecule has 7 nitrogen and oxygen atoms in total. The van der Waals surface area contributed by atoms with Gasteiger partial charge in [0.05, 0.1) is 12.7 Å². The number of hydrogen-bond acceptors (Lipinski definition) is 5. The predicted octanol–water partition coefficient (Wildman–Crippen LogP) is -0.0680. The Labute approximate surface area is 116 Å². The first kappa shape index (κ1) is 14.0. The fraction of sp³-hybridized carbons (Fsp3) is 0.308. The summed E-state index contributed by atoms with van der Waals surface area (Å²) in [7, 11) is 0. The molecule has 0 spiro atoms. The fourth-order valence-electron chi connectivity index (χ4n) is 1.58. The molecule has 1 amide bonds. The van der Waals surface area contributed by atoms with E-state index in [2.05, 4.69) is 15.6 Å². The Hall–Kier alpha value is -2.41. The highest BCUT2D eigenvalue weighted by Crippen LogP contribution is 2.11. The molecule has 1 aromatic carbocycles. The average Bonchev–Trinajstić information content (AvgIpc) is 2.99. The van der Waals surface area contributed by atoms with Crippen molar-refractivity contribution in [1.82, 2.24) is 20.3 Å². The van der Waals surface area contributed by atoms with E-state index in [-0.39, 0.29) is 12.5 Å². The smallest absolute Gasteiger partial charge is 0.258 e. The van der Waals surface area contributed by atoms with Crippen LogP contribution in [0.2, 0.25) is 0 Å². The van der Waals surface area contributed by atoms with Crippen molar-refractivity contribution in [3.05, 3.63) is 42.2 Å². The summed E-state index contributed by atoms with van der Waals surface area (Å²) in [4.78, 5) is 11.6. The maximum Gasteiger partial charge on any atom is 0.258 e. The molecule has 2 rings (SSSR count). The summed E-state index contributed by atoms with van der Waals surface area (Å²) in [6, 6.07) is 7.34. The lowest BCUT2D eigenvalue weighted by Crippen LogP contribution is -2.31. The van der Waals surface area contributed by atoms with Gasteiger partial charge >= 0.3 is 0 Å². The number of nitrogens with zero attached hydrogens (tertiary/aromatic N) is 3. The van der Waals surface area contributed by atoms with Crippen LogP contribution >= 0.6 is 0 Å². The largest absolute Gasteiger partial charge is 0.484 e. The molecule has 0 aliphatic rings. The number of aromatic nitrogens is 3. The van der Waals surface area contributed by atoms with Gasteiger partial charge in [0, 0.05) is 19.3 Å². The molecule has 1 aromatic heterocycles. The molecule has 0 fully saturated rings. The summed E-state index contributed by atoms with van der Waals surface area (Å²) in [5.74, 6) is 0.474. The van der Waals surface area contributed by atoms with Gasteiger partial charge in [-0.05, 0) is 17.7 Å². The minimum absolute atomic E-state index is 0.0146. The molecule has 3 N–H and O–H groups in total. The minimum atomic E-state index is -0.173. The van der Waals surface area contributed by atoms with Crippen molar-refractivity contribution in [3.63, 3.8) is 0 Å². The number of ether oxygens (including phenoxy) is 1. The SMILES string of the molecule is NCc1ccc(OCC(=O)NCCn2ccnn2)cc1. The van der Waals surface area contributed by atoms with Crippen molar-refractivity contribution in [3.8, 4) is 5.75 Å². The molecule has 0 aliphatic carbocycles. The van der Waals surface area contributed by atoms with Crippen LogP contribution in [0, 0.1) is 0 Å². The van der Waals surface area contributed by atoms with Crippen molar-refractivity contribution in [2.75, 3.05) is 13.2 Å². The van der Waals surface area contributed by atoms with E-state index in [4.69, 9.17) is 10.5 Å². The van der Waals surface area contributed by atoms with Crippen molar-refractivity contribution >= 4 is 5.91 Å². The molecule has 0 radical (unpaired) electrons. The van der Waals surface area contributed by atoms with E-state index >= 15 is 0 Å². The summed E-state index contributed by atoms with van der Waals surface area (Å²) in [6.07, 6.45) is 3.33. The topological polar surface area (TPSA) is 95.1 Å². The Bertz CT molecular complexity index is 524. The molecule has 1 heterocycles. The number of hydrogen-bond donors (Lipinski definition) is 2. The van der Waals surface area contributed by atoms with E-state index in [0.717, 1.165) is 5.56 Å². The van der Waals surface area contributed by atoms with Gasteiger partial charge in [-0.1, -0.05) is 17.3 Å². The lowest BCUT2D eigenvalue weighted by Gasteiger charge is -2.08. The highest BCUT2D eigenvalue weighted by atomic mass is 16.5. The van der Waals surface area contributed by atoms with E-state index in [1.807, 2.05) is 12.1 Å². The molecule has 7 heteroatoms. The van der Waals surface area contributed by atoms with Gasteiger partial charge < -0.3 is 15.8 Å². The zero-order valence-electron chi connectivity index (χ0n) is 11.0. The molecule has 0 bridgehead atoms. The molecular weight excluding hydrogens is 258 g/mol.